The van der Waals surface area contributed by atoms with Crippen molar-refractivity contribution in [1.29, 1.82) is 0 Å². The average molecular weight is 477 g/mol. The smallest absolute Gasteiger partial charge is 0.141 e. The molecule has 34 heavy (non-hydrogen) atoms. The maximum absolute atomic E-state index is 6.36. The second-order valence-corrected chi connectivity index (χ2v) is 8.34. The number of piperazine rings is 1. The summed E-state index contributed by atoms with van der Waals surface area (Å²) in [4.78, 5) is 11.2. The Balaban J connectivity index is 1.32. The summed E-state index contributed by atoms with van der Waals surface area (Å²) in [5.74, 6) is 1.23. The standard InChI is InChI=1S/C25H25ClN6O2/c1-33-23-15-24(34-2)21(26)14-20(23)22-17-31-8-5-19(13-25(31)29-22)30-9-11-32(12-10-30)28-16-18-3-6-27-7-4-18/h3-8,13-17H,9-12H2,1-2H3. The van der Waals surface area contributed by atoms with E-state index in [1.165, 1.54) is 0 Å². The highest BCUT2D eigenvalue weighted by molar-refractivity contribution is 6.32. The van der Waals surface area contributed by atoms with E-state index in [4.69, 9.17) is 26.1 Å². The summed E-state index contributed by atoms with van der Waals surface area (Å²) in [6.45, 7) is 3.49. The van der Waals surface area contributed by atoms with Gasteiger partial charge in [0.05, 0.1) is 44.2 Å². The number of benzene rings is 1. The van der Waals surface area contributed by atoms with E-state index in [1.54, 1.807) is 32.7 Å². The van der Waals surface area contributed by atoms with Crippen molar-refractivity contribution in [3.05, 3.63) is 71.8 Å². The fourth-order valence-electron chi connectivity index (χ4n) is 4.03. The monoisotopic (exact) mass is 476 g/mol. The minimum absolute atomic E-state index is 0.514. The van der Waals surface area contributed by atoms with Gasteiger partial charge in [0.25, 0.3) is 0 Å². The van der Waals surface area contributed by atoms with Crippen molar-refractivity contribution >= 4 is 29.2 Å². The molecular weight excluding hydrogens is 452 g/mol. The molecule has 0 N–H and O–H groups in total. The molecule has 8 nitrogen and oxygen atoms in total. The van der Waals surface area contributed by atoms with Gasteiger partial charge in [-0.1, -0.05) is 11.6 Å². The Morgan fingerprint density at radius 1 is 0.971 bits per heavy atom. The Hall–Kier alpha value is -3.78. The van der Waals surface area contributed by atoms with Gasteiger partial charge in [-0.2, -0.15) is 5.10 Å². The number of aromatic nitrogens is 3. The molecule has 0 radical (unpaired) electrons. The van der Waals surface area contributed by atoms with Gasteiger partial charge >= 0.3 is 0 Å². The maximum Gasteiger partial charge on any atom is 0.141 e. The predicted octanol–water partition coefficient (Wildman–Crippen LogP) is 4.22. The molecular formula is C25H25ClN6O2. The number of ether oxygens (including phenoxy) is 2. The molecule has 4 heterocycles. The number of halogens is 1. The Morgan fingerprint density at radius 2 is 1.74 bits per heavy atom. The number of hydrazone groups is 1. The molecule has 1 aromatic carbocycles. The summed E-state index contributed by atoms with van der Waals surface area (Å²) in [6, 6.07) is 11.7. The molecule has 0 amide bonds. The van der Waals surface area contributed by atoms with Gasteiger partial charge in [0, 0.05) is 61.3 Å². The first kappa shape index (κ1) is 22.0. The molecule has 0 atom stereocenters. The summed E-state index contributed by atoms with van der Waals surface area (Å²) in [7, 11) is 3.21. The largest absolute Gasteiger partial charge is 0.496 e. The van der Waals surface area contributed by atoms with Gasteiger partial charge in [-0.05, 0) is 29.8 Å². The normalized spacial score (nSPS) is 14.2. The van der Waals surface area contributed by atoms with E-state index in [1.807, 2.05) is 41.2 Å². The molecule has 0 saturated carbocycles. The van der Waals surface area contributed by atoms with Crippen molar-refractivity contribution in [2.75, 3.05) is 45.3 Å². The van der Waals surface area contributed by atoms with E-state index in [2.05, 4.69) is 32.1 Å². The number of hydrogen-bond acceptors (Lipinski definition) is 7. The molecule has 1 aliphatic heterocycles. The lowest BCUT2D eigenvalue weighted by Gasteiger charge is -2.34. The van der Waals surface area contributed by atoms with Crippen molar-refractivity contribution in [2.24, 2.45) is 5.10 Å². The Labute approximate surface area is 203 Å². The van der Waals surface area contributed by atoms with Crippen LogP contribution in [-0.4, -0.2) is 66.0 Å². The van der Waals surface area contributed by atoms with Crippen molar-refractivity contribution in [3.8, 4) is 22.8 Å². The van der Waals surface area contributed by atoms with Crippen LogP contribution in [0.3, 0.4) is 0 Å². The van der Waals surface area contributed by atoms with Gasteiger partial charge in [-0.25, -0.2) is 4.98 Å². The molecule has 9 heteroatoms. The van der Waals surface area contributed by atoms with Gasteiger partial charge in [0.2, 0.25) is 0 Å². The van der Waals surface area contributed by atoms with Crippen molar-refractivity contribution in [1.82, 2.24) is 19.4 Å². The summed E-state index contributed by atoms with van der Waals surface area (Å²) >= 11 is 6.36. The summed E-state index contributed by atoms with van der Waals surface area (Å²) in [5, 5.41) is 7.22. The van der Waals surface area contributed by atoms with Gasteiger partial charge in [-0.3, -0.25) is 9.99 Å². The average Bonchev–Trinajstić information content (AvgIpc) is 3.31. The molecule has 0 unspecified atom stereocenters. The van der Waals surface area contributed by atoms with E-state index in [9.17, 15) is 0 Å². The number of nitrogens with zero attached hydrogens (tertiary/aromatic N) is 6. The predicted molar refractivity (Wildman–Crippen MR) is 134 cm³/mol. The first-order chi connectivity index (χ1) is 16.6. The van der Waals surface area contributed by atoms with Crippen molar-refractivity contribution in [3.63, 3.8) is 0 Å². The molecule has 1 fully saturated rings. The van der Waals surface area contributed by atoms with Gasteiger partial charge in [-0.15, -0.1) is 0 Å². The zero-order valence-electron chi connectivity index (χ0n) is 19.1. The third-order valence-electron chi connectivity index (χ3n) is 5.89. The first-order valence-electron chi connectivity index (χ1n) is 11.0. The third-order valence-corrected chi connectivity index (χ3v) is 6.19. The topological polar surface area (TPSA) is 67.5 Å². The molecule has 3 aromatic heterocycles. The van der Waals surface area contributed by atoms with Gasteiger partial charge < -0.3 is 18.8 Å². The van der Waals surface area contributed by atoms with Crippen LogP contribution in [0.1, 0.15) is 5.56 Å². The van der Waals surface area contributed by atoms with Crippen LogP contribution in [0.25, 0.3) is 16.9 Å². The number of rotatable bonds is 6. The van der Waals surface area contributed by atoms with Crippen LogP contribution in [0.5, 0.6) is 11.5 Å². The van der Waals surface area contributed by atoms with Crippen LogP contribution >= 0.6 is 11.6 Å². The minimum atomic E-state index is 0.514. The Bertz CT molecular complexity index is 1320. The zero-order chi connectivity index (χ0) is 23.5. The quantitative estimate of drug-likeness (QED) is 0.388. The van der Waals surface area contributed by atoms with E-state index < -0.39 is 0 Å². The van der Waals surface area contributed by atoms with Gasteiger partial charge in [0.1, 0.15) is 17.1 Å². The molecule has 1 saturated heterocycles. The van der Waals surface area contributed by atoms with E-state index in [-0.39, 0.29) is 0 Å². The Morgan fingerprint density at radius 3 is 2.47 bits per heavy atom. The highest BCUT2D eigenvalue weighted by atomic mass is 35.5. The highest BCUT2D eigenvalue weighted by Crippen LogP contribution is 2.38. The van der Waals surface area contributed by atoms with Crippen LogP contribution in [0.15, 0.2) is 66.3 Å². The Kier molecular flexibility index (Phi) is 6.22. The second kappa shape index (κ2) is 9.61. The third kappa shape index (κ3) is 4.49. The molecule has 0 aliphatic carbocycles. The number of anilines is 1. The lowest BCUT2D eigenvalue weighted by molar-refractivity contribution is 0.272. The van der Waals surface area contributed by atoms with Gasteiger partial charge in [0.15, 0.2) is 0 Å². The highest BCUT2D eigenvalue weighted by Gasteiger charge is 2.18. The summed E-state index contributed by atoms with van der Waals surface area (Å²) < 4.78 is 12.9. The fourth-order valence-corrected chi connectivity index (χ4v) is 4.27. The van der Waals surface area contributed by atoms with Crippen LogP contribution in [0.2, 0.25) is 5.02 Å². The molecule has 4 aromatic rings. The minimum Gasteiger partial charge on any atom is -0.496 e. The van der Waals surface area contributed by atoms with E-state index in [0.29, 0.717) is 16.5 Å². The number of methoxy groups -OCH3 is 2. The molecule has 0 bridgehead atoms. The van der Waals surface area contributed by atoms with Crippen LogP contribution in [0.4, 0.5) is 5.69 Å². The molecule has 1 aliphatic rings. The lowest BCUT2D eigenvalue weighted by atomic mass is 10.1. The van der Waals surface area contributed by atoms with Crippen molar-refractivity contribution < 1.29 is 9.47 Å². The van der Waals surface area contributed by atoms with Crippen LogP contribution in [-0.2, 0) is 0 Å². The van der Waals surface area contributed by atoms with E-state index >= 15 is 0 Å². The zero-order valence-corrected chi connectivity index (χ0v) is 19.8. The lowest BCUT2D eigenvalue weighted by Crippen LogP contribution is -2.44. The second-order valence-electron chi connectivity index (χ2n) is 7.93. The van der Waals surface area contributed by atoms with Crippen molar-refractivity contribution in [2.45, 2.75) is 0 Å². The summed E-state index contributed by atoms with van der Waals surface area (Å²) in [6.07, 6.45) is 9.44. The van der Waals surface area contributed by atoms with E-state index in [0.717, 1.165) is 54.3 Å². The molecule has 0 spiro atoms. The maximum atomic E-state index is 6.36. The number of imidazole rings is 1. The SMILES string of the molecule is COc1cc(OC)c(-c2cn3ccc(N4CCN(N=Cc5ccncc5)CC4)cc3n2)cc1Cl. The van der Waals surface area contributed by atoms with Crippen LogP contribution in [0, 0.1) is 0 Å². The molecule has 5 rings (SSSR count). The first-order valence-corrected chi connectivity index (χ1v) is 11.4. The van der Waals surface area contributed by atoms with Crippen LogP contribution < -0.4 is 14.4 Å². The number of hydrogen-bond donors (Lipinski definition) is 0. The molecule has 174 valence electrons. The summed E-state index contributed by atoms with van der Waals surface area (Å²) in [5.41, 5.74) is 4.66. The number of pyridine rings is 2. The fraction of sp³-hybridized carbons (Fsp3) is 0.240. The number of fused-ring (bicyclic) bond motifs is 1.